The number of Topliss-reactive ketones (excluding diaryl/α,β-unsaturated/α-hetero) is 1. The Hall–Kier alpha value is -0.380. The Morgan fingerprint density at radius 3 is 2.62 bits per heavy atom. The van der Waals surface area contributed by atoms with Gasteiger partial charge in [-0.25, -0.2) is 0 Å². The van der Waals surface area contributed by atoms with Gasteiger partial charge in [0.2, 0.25) is 0 Å². The summed E-state index contributed by atoms with van der Waals surface area (Å²) in [5.41, 5.74) is 2.11. The second-order valence-electron chi connectivity index (χ2n) is 2.94. The van der Waals surface area contributed by atoms with Crippen LogP contribution >= 0.6 is 22.6 Å². The first kappa shape index (κ1) is 10.7. The van der Waals surface area contributed by atoms with Gasteiger partial charge >= 0.3 is 0 Å². The lowest BCUT2D eigenvalue weighted by atomic mass is 10.0. The molecule has 1 aromatic rings. The lowest BCUT2D eigenvalue weighted by molar-refractivity contribution is 0.0987. The third-order valence-corrected chi connectivity index (χ3v) is 3.00. The van der Waals surface area contributed by atoms with E-state index < -0.39 is 0 Å². The first-order valence-corrected chi connectivity index (χ1v) is 5.58. The topological polar surface area (TPSA) is 17.1 Å². The van der Waals surface area contributed by atoms with Crippen molar-refractivity contribution in [2.45, 2.75) is 26.7 Å². The number of halogens is 1. The molecule has 0 spiro atoms. The number of aryl methyl sites for hydroxylation is 1. The molecule has 1 nitrogen and oxygen atoms in total. The van der Waals surface area contributed by atoms with Crippen molar-refractivity contribution >= 4 is 28.4 Å². The van der Waals surface area contributed by atoms with E-state index >= 15 is 0 Å². The number of hydrogen-bond donors (Lipinski definition) is 0. The number of carbonyl (C=O) groups excluding carboxylic acids is 1. The molecule has 0 aliphatic heterocycles. The molecule has 0 aliphatic rings. The van der Waals surface area contributed by atoms with E-state index in [2.05, 4.69) is 35.6 Å². The van der Waals surface area contributed by atoms with Crippen molar-refractivity contribution in [2.75, 3.05) is 0 Å². The van der Waals surface area contributed by atoms with E-state index in [0.29, 0.717) is 6.42 Å². The smallest absolute Gasteiger partial charge is 0.163 e. The Labute approximate surface area is 92.7 Å². The van der Waals surface area contributed by atoms with Crippen molar-refractivity contribution in [2.24, 2.45) is 0 Å². The van der Waals surface area contributed by atoms with Crippen molar-refractivity contribution in [3.63, 3.8) is 0 Å². The number of ketones is 1. The molecule has 0 heterocycles. The van der Waals surface area contributed by atoms with Gasteiger partial charge < -0.3 is 0 Å². The summed E-state index contributed by atoms with van der Waals surface area (Å²) in [7, 11) is 0. The lowest BCUT2D eigenvalue weighted by Crippen LogP contribution is -2.00. The Balaban J connectivity index is 3.11. The number of rotatable bonds is 3. The maximum absolute atomic E-state index is 11.5. The summed E-state index contributed by atoms with van der Waals surface area (Å²) >= 11 is 2.21. The maximum Gasteiger partial charge on any atom is 0.163 e. The lowest BCUT2D eigenvalue weighted by Gasteiger charge is -2.04. The van der Waals surface area contributed by atoms with E-state index in [4.69, 9.17) is 0 Å². The van der Waals surface area contributed by atoms with Crippen molar-refractivity contribution < 1.29 is 4.79 Å². The van der Waals surface area contributed by atoms with Gasteiger partial charge in [-0.3, -0.25) is 4.79 Å². The second-order valence-corrected chi connectivity index (χ2v) is 4.11. The SMILES string of the molecule is CCC(=O)c1cc(CC)ccc1I. The van der Waals surface area contributed by atoms with Gasteiger partial charge in [0.1, 0.15) is 0 Å². The molecule has 1 aromatic carbocycles. The first-order chi connectivity index (χ1) is 6.19. The molecule has 70 valence electrons. The minimum Gasteiger partial charge on any atom is -0.294 e. The highest BCUT2D eigenvalue weighted by Crippen LogP contribution is 2.16. The zero-order chi connectivity index (χ0) is 9.84. The van der Waals surface area contributed by atoms with Gasteiger partial charge in [-0.2, -0.15) is 0 Å². The van der Waals surface area contributed by atoms with Gasteiger partial charge in [0, 0.05) is 15.6 Å². The molecule has 0 aliphatic carbocycles. The summed E-state index contributed by atoms with van der Waals surface area (Å²) in [6.07, 6.45) is 1.57. The highest BCUT2D eigenvalue weighted by molar-refractivity contribution is 14.1. The van der Waals surface area contributed by atoms with Crippen LogP contribution in [-0.2, 0) is 6.42 Å². The molecule has 0 amide bonds. The van der Waals surface area contributed by atoms with Crippen molar-refractivity contribution in [3.8, 4) is 0 Å². The molecule has 13 heavy (non-hydrogen) atoms. The van der Waals surface area contributed by atoms with Gasteiger partial charge in [-0.05, 0) is 46.7 Å². The zero-order valence-electron chi connectivity index (χ0n) is 7.93. The quantitative estimate of drug-likeness (QED) is 0.615. The van der Waals surface area contributed by atoms with E-state index in [-0.39, 0.29) is 5.78 Å². The van der Waals surface area contributed by atoms with Crippen LogP contribution in [0.5, 0.6) is 0 Å². The van der Waals surface area contributed by atoms with Crippen LogP contribution in [0.4, 0.5) is 0 Å². The van der Waals surface area contributed by atoms with Gasteiger partial charge in [0.25, 0.3) is 0 Å². The number of benzene rings is 1. The van der Waals surface area contributed by atoms with Crippen LogP contribution in [0.3, 0.4) is 0 Å². The van der Waals surface area contributed by atoms with E-state index in [1.165, 1.54) is 5.56 Å². The molecular weight excluding hydrogens is 275 g/mol. The molecule has 0 N–H and O–H groups in total. The first-order valence-electron chi connectivity index (χ1n) is 4.50. The van der Waals surface area contributed by atoms with Crippen molar-refractivity contribution in [1.29, 1.82) is 0 Å². The van der Waals surface area contributed by atoms with E-state index in [9.17, 15) is 4.79 Å². The number of carbonyl (C=O) groups is 1. The molecule has 0 fully saturated rings. The molecule has 0 radical (unpaired) electrons. The highest BCUT2D eigenvalue weighted by Gasteiger charge is 2.07. The monoisotopic (exact) mass is 288 g/mol. The fourth-order valence-electron chi connectivity index (χ4n) is 1.20. The highest BCUT2D eigenvalue weighted by atomic mass is 127. The van der Waals surface area contributed by atoms with Crippen molar-refractivity contribution in [1.82, 2.24) is 0 Å². The molecule has 0 atom stereocenters. The minimum atomic E-state index is 0.236. The third kappa shape index (κ3) is 2.53. The molecular formula is C11H13IO. The minimum absolute atomic E-state index is 0.236. The summed E-state index contributed by atoms with van der Waals surface area (Å²) in [5, 5.41) is 0. The van der Waals surface area contributed by atoms with Gasteiger partial charge in [-0.15, -0.1) is 0 Å². The second kappa shape index (κ2) is 4.74. The van der Waals surface area contributed by atoms with E-state index in [1.54, 1.807) is 0 Å². The van der Waals surface area contributed by atoms with Crippen LogP contribution in [-0.4, -0.2) is 5.78 Å². The van der Waals surface area contributed by atoms with Gasteiger partial charge in [0.05, 0.1) is 0 Å². The molecule has 2 heteroatoms. The summed E-state index contributed by atoms with van der Waals surface area (Å²) in [5.74, 6) is 0.236. The maximum atomic E-state index is 11.5. The Morgan fingerprint density at radius 1 is 1.38 bits per heavy atom. The summed E-state index contributed by atoms with van der Waals surface area (Å²) in [4.78, 5) is 11.5. The third-order valence-electron chi connectivity index (χ3n) is 2.06. The fraction of sp³-hybridized carbons (Fsp3) is 0.364. The van der Waals surface area contributed by atoms with Gasteiger partial charge in [0.15, 0.2) is 5.78 Å². The molecule has 0 aromatic heterocycles. The predicted molar refractivity (Wildman–Crippen MR) is 63.2 cm³/mol. The summed E-state index contributed by atoms with van der Waals surface area (Å²) in [6, 6.07) is 6.10. The Kier molecular flexibility index (Phi) is 3.90. The standard InChI is InChI=1S/C11H13IO/c1-3-8-5-6-10(12)9(7-8)11(13)4-2/h5-7H,3-4H2,1-2H3. The molecule has 0 bridgehead atoms. The van der Waals surface area contributed by atoms with Crippen LogP contribution in [0.15, 0.2) is 18.2 Å². The zero-order valence-corrected chi connectivity index (χ0v) is 10.1. The largest absolute Gasteiger partial charge is 0.294 e. The normalized spacial score (nSPS) is 10.1. The molecule has 0 unspecified atom stereocenters. The average molecular weight is 288 g/mol. The van der Waals surface area contributed by atoms with Crippen LogP contribution in [0.2, 0.25) is 0 Å². The number of hydrogen-bond acceptors (Lipinski definition) is 1. The summed E-state index contributed by atoms with van der Waals surface area (Å²) in [6.45, 7) is 4.00. The summed E-state index contributed by atoms with van der Waals surface area (Å²) < 4.78 is 1.06. The van der Waals surface area contributed by atoms with Crippen LogP contribution in [0.25, 0.3) is 0 Å². The predicted octanol–water partition coefficient (Wildman–Crippen LogP) is 3.45. The average Bonchev–Trinajstić information content (AvgIpc) is 2.17. The van der Waals surface area contributed by atoms with E-state index in [1.807, 2.05) is 19.1 Å². The Bertz CT molecular complexity index is 318. The molecule has 0 saturated heterocycles. The Morgan fingerprint density at radius 2 is 2.08 bits per heavy atom. The van der Waals surface area contributed by atoms with Crippen LogP contribution in [0, 0.1) is 3.57 Å². The van der Waals surface area contributed by atoms with Crippen LogP contribution < -0.4 is 0 Å². The molecule has 0 saturated carbocycles. The molecule has 1 rings (SSSR count). The van der Waals surface area contributed by atoms with E-state index in [0.717, 1.165) is 15.6 Å². The van der Waals surface area contributed by atoms with Gasteiger partial charge in [-0.1, -0.05) is 19.9 Å². The fourth-order valence-corrected chi connectivity index (χ4v) is 1.83. The van der Waals surface area contributed by atoms with Crippen molar-refractivity contribution in [3.05, 3.63) is 32.9 Å². The van der Waals surface area contributed by atoms with Crippen LogP contribution in [0.1, 0.15) is 36.2 Å².